The number of fused-ring (bicyclic) bond motifs is 1. The Bertz CT molecular complexity index is 468. The third-order valence-electron chi connectivity index (χ3n) is 2.11. The number of alkyl halides is 1. The maximum absolute atomic E-state index is 13.6. The third kappa shape index (κ3) is 1.32. The largest absolute Gasteiger partial charge is 0.397 e. The van der Waals surface area contributed by atoms with Crippen LogP contribution in [0.1, 0.15) is 19.7 Å². The molecule has 0 bridgehead atoms. The number of halogens is 1. The molecule has 0 saturated heterocycles. The summed E-state index contributed by atoms with van der Waals surface area (Å²) in [6.45, 7) is 2.92. The van der Waals surface area contributed by atoms with Crippen LogP contribution in [0.5, 0.6) is 0 Å². The van der Waals surface area contributed by atoms with Gasteiger partial charge in [0.05, 0.1) is 11.2 Å². The van der Waals surface area contributed by atoms with Crippen LogP contribution >= 0.6 is 0 Å². The molecule has 0 aliphatic rings. The van der Waals surface area contributed by atoms with E-state index in [0.29, 0.717) is 17.0 Å². The Labute approximate surface area is 81.1 Å². The van der Waals surface area contributed by atoms with Crippen molar-refractivity contribution < 1.29 is 4.39 Å². The molecule has 0 amide bonds. The Hall–Kier alpha value is -1.58. The minimum Gasteiger partial charge on any atom is -0.397 e. The molecule has 0 fully saturated rings. The first-order chi connectivity index (χ1) is 6.48. The standard InChI is InChI=1S/C10H12FN3/c1-10(2,11)9-13-7-5-3-4-6(12)8(7)14-9/h3-5H,12H2,1-2H3,(H,13,14). The van der Waals surface area contributed by atoms with Gasteiger partial charge in [0.15, 0.2) is 5.67 Å². The van der Waals surface area contributed by atoms with E-state index < -0.39 is 5.67 Å². The lowest BCUT2D eigenvalue weighted by molar-refractivity contribution is 0.209. The van der Waals surface area contributed by atoms with Crippen molar-refractivity contribution in [3.05, 3.63) is 24.0 Å². The highest BCUT2D eigenvalue weighted by Crippen LogP contribution is 2.26. The summed E-state index contributed by atoms with van der Waals surface area (Å²) >= 11 is 0. The van der Waals surface area contributed by atoms with Gasteiger partial charge in [-0.1, -0.05) is 6.07 Å². The van der Waals surface area contributed by atoms with E-state index in [0.717, 1.165) is 5.52 Å². The van der Waals surface area contributed by atoms with Crippen molar-refractivity contribution in [2.24, 2.45) is 0 Å². The van der Waals surface area contributed by atoms with Gasteiger partial charge < -0.3 is 10.7 Å². The Morgan fingerprint density at radius 3 is 2.71 bits per heavy atom. The van der Waals surface area contributed by atoms with Crippen LogP contribution in [0.4, 0.5) is 10.1 Å². The van der Waals surface area contributed by atoms with Crippen LogP contribution in [-0.2, 0) is 5.67 Å². The van der Waals surface area contributed by atoms with Crippen molar-refractivity contribution >= 4 is 16.7 Å². The minimum atomic E-state index is -1.47. The molecule has 1 heterocycles. The van der Waals surface area contributed by atoms with Crippen LogP contribution in [-0.4, -0.2) is 9.97 Å². The SMILES string of the molecule is CC(C)(F)c1nc2c(N)cccc2[nH]1. The number of nitrogens with zero attached hydrogens (tertiary/aromatic N) is 1. The molecule has 0 unspecified atom stereocenters. The second-order valence-electron chi connectivity index (χ2n) is 3.80. The third-order valence-corrected chi connectivity index (χ3v) is 2.11. The summed E-state index contributed by atoms with van der Waals surface area (Å²) in [7, 11) is 0. The van der Waals surface area contributed by atoms with Gasteiger partial charge in [0, 0.05) is 0 Å². The first-order valence-corrected chi connectivity index (χ1v) is 4.42. The van der Waals surface area contributed by atoms with Gasteiger partial charge in [0.2, 0.25) is 0 Å². The summed E-state index contributed by atoms with van der Waals surface area (Å²) in [5.74, 6) is 0.311. The summed E-state index contributed by atoms with van der Waals surface area (Å²) in [5.41, 5.74) is 6.21. The van der Waals surface area contributed by atoms with Crippen LogP contribution in [0, 0.1) is 0 Å². The van der Waals surface area contributed by atoms with Gasteiger partial charge in [0.25, 0.3) is 0 Å². The van der Waals surface area contributed by atoms with Crippen LogP contribution in [0.15, 0.2) is 18.2 Å². The number of aromatic nitrogens is 2. The molecule has 4 heteroatoms. The Kier molecular flexibility index (Phi) is 1.74. The lowest BCUT2D eigenvalue weighted by atomic mass is 10.2. The maximum atomic E-state index is 13.6. The van der Waals surface area contributed by atoms with Crippen molar-refractivity contribution in [2.45, 2.75) is 19.5 Å². The second-order valence-corrected chi connectivity index (χ2v) is 3.80. The molecule has 0 aliphatic carbocycles. The molecular weight excluding hydrogens is 181 g/mol. The molecule has 2 aromatic rings. The number of anilines is 1. The van der Waals surface area contributed by atoms with Gasteiger partial charge in [-0.25, -0.2) is 9.37 Å². The number of benzene rings is 1. The lowest BCUT2D eigenvalue weighted by Crippen LogP contribution is -2.10. The van der Waals surface area contributed by atoms with E-state index in [2.05, 4.69) is 9.97 Å². The number of para-hydroxylation sites is 1. The number of aromatic amines is 1. The monoisotopic (exact) mass is 193 g/mol. The van der Waals surface area contributed by atoms with E-state index in [9.17, 15) is 4.39 Å². The normalized spacial score (nSPS) is 12.2. The summed E-state index contributed by atoms with van der Waals surface area (Å²) in [6, 6.07) is 5.39. The van der Waals surface area contributed by atoms with Crippen LogP contribution in [0.25, 0.3) is 11.0 Å². The van der Waals surface area contributed by atoms with Gasteiger partial charge in [-0.3, -0.25) is 0 Å². The minimum absolute atomic E-state index is 0.311. The lowest BCUT2D eigenvalue weighted by Gasteiger charge is -2.08. The number of rotatable bonds is 1. The molecule has 2 rings (SSSR count). The van der Waals surface area contributed by atoms with Crippen molar-refractivity contribution in [3.63, 3.8) is 0 Å². The van der Waals surface area contributed by atoms with Gasteiger partial charge >= 0.3 is 0 Å². The summed E-state index contributed by atoms with van der Waals surface area (Å²) in [4.78, 5) is 7.04. The number of nitrogen functional groups attached to an aromatic ring is 1. The highest BCUT2D eigenvalue weighted by Gasteiger charge is 2.23. The zero-order valence-corrected chi connectivity index (χ0v) is 8.13. The summed E-state index contributed by atoms with van der Waals surface area (Å²) in [5, 5.41) is 0. The average Bonchev–Trinajstić information content (AvgIpc) is 2.48. The van der Waals surface area contributed by atoms with Crippen molar-refractivity contribution in [1.29, 1.82) is 0 Å². The zero-order chi connectivity index (χ0) is 10.3. The Morgan fingerprint density at radius 1 is 1.43 bits per heavy atom. The number of imidazole rings is 1. The molecule has 3 nitrogen and oxygen atoms in total. The van der Waals surface area contributed by atoms with Crippen LogP contribution < -0.4 is 5.73 Å². The average molecular weight is 193 g/mol. The topological polar surface area (TPSA) is 54.7 Å². The van der Waals surface area contributed by atoms with E-state index in [4.69, 9.17) is 5.73 Å². The molecule has 0 radical (unpaired) electrons. The van der Waals surface area contributed by atoms with Gasteiger partial charge in [-0.05, 0) is 26.0 Å². The smallest absolute Gasteiger partial charge is 0.162 e. The summed E-state index contributed by atoms with van der Waals surface area (Å²) < 4.78 is 13.6. The van der Waals surface area contributed by atoms with Gasteiger partial charge in [-0.2, -0.15) is 0 Å². The number of hydrogen-bond donors (Lipinski definition) is 2. The number of nitrogens with one attached hydrogen (secondary N) is 1. The van der Waals surface area contributed by atoms with Crippen LogP contribution in [0.2, 0.25) is 0 Å². The second kappa shape index (κ2) is 2.70. The molecule has 74 valence electrons. The predicted octanol–water partition coefficient (Wildman–Crippen LogP) is 2.35. The van der Waals surface area contributed by atoms with E-state index in [1.54, 1.807) is 6.07 Å². The predicted molar refractivity (Wildman–Crippen MR) is 54.6 cm³/mol. The number of hydrogen-bond acceptors (Lipinski definition) is 2. The number of H-pyrrole nitrogens is 1. The Morgan fingerprint density at radius 2 is 2.14 bits per heavy atom. The molecule has 0 spiro atoms. The van der Waals surface area contributed by atoms with Crippen molar-refractivity contribution in [3.8, 4) is 0 Å². The fourth-order valence-corrected chi connectivity index (χ4v) is 1.34. The molecular formula is C10H12FN3. The molecule has 0 saturated carbocycles. The quantitative estimate of drug-likeness (QED) is 0.683. The fourth-order valence-electron chi connectivity index (χ4n) is 1.34. The van der Waals surface area contributed by atoms with E-state index in [-0.39, 0.29) is 0 Å². The molecule has 3 N–H and O–H groups in total. The first kappa shape index (κ1) is 8.99. The Balaban J connectivity index is 2.69. The van der Waals surface area contributed by atoms with Gasteiger partial charge in [-0.15, -0.1) is 0 Å². The molecule has 0 aliphatic heterocycles. The summed E-state index contributed by atoms with van der Waals surface area (Å²) in [6.07, 6.45) is 0. The highest BCUT2D eigenvalue weighted by atomic mass is 19.1. The van der Waals surface area contributed by atoms with Gasteiger partial charge in [0.1, 0.15) is 11.3 Å². The molecule has 14 heavy (non-hydrogen) atoms. The van der Waals surface area contributed by atoms with Crippen molar-refractivity contribution in [1.82, 2.24) is 9.97 Å². The maximum Gasteiger partial charge on any atom is 0.162 e. The van der Waals surface area contributed by atoms with Crippen molar-refractivity contribution in [2.75, 3.05) is 5.73 Å². The van der Waals surface area contributed by atoms with E-state index in [1.165, 1.54) is 13.8 Å². The highest BCUT2D eigenvalue weighted by molar-refractivity contribution is 5.86. The van der Waals surface area contributed by atoms with E-state index in [1.807, 2.05) is 12.1 Å². The zero-order valence-electron chi connectivity index (χ0n) is 8.13. The number of nitrogens with two attached hydrogens (primary N) is 1. The molecule has 1 aromatic heterocycles. The first-order valence-electron chi connectivity index (χ1n) is 4.42. The van der Waals surface area contributed by atoms with E-state index >= 15 is 0 Å². The van der Waals surface area contributed by atoms with Crippen LogP contribution in [0.3, 0.4) is 0 Å². The molecule has 1 aromatic carbocycles. The molecule has 0 atom stereocenters. The fraction of sp³-hybridized carbons (Fsp3) is 0.300.